The second-order valence-corrected chi connectivity index (χ2v) is 4.71. The number of aliphatic hydroxyl groups excluding tert-OH is 1. The molecule has 1 aromatic carbocycles. The van der Waals surface area contributed by atoms with Crippen molar-refractivity contribution in [3.63, 3.8) is 0 Å². The molecule has 0 amide bonds. The van der Waals surface area contributed by atoms with Crippen LogP contribution >= 0.6 is 0 Å². The van der Waals surface area contributed by atoms with Crippen LogP contribution < -0.4 is 0 Å². The first-order valence-electron chi connectivity index (χ1n) is 6.42. The maximum Gasteiger partial charge on any atom is 0.0480 e. The summed E-state index contributed by atoms with van der Waals surface area (Å²) < 4.78 is 2.19. The zero-order valence-electron chi connectivity index (χ0n) is 10.7. The highest BCUT2D eigenvalue weighted by Crippen LogP contribution is 2.32. The quantitative estimate of drug-likeness (QED) is 0.837. The van der Waals surface area contributed by atoms with Gasteiger partial charge in [-0.05, 0) is 30.4 Å². The lowest BCUT2D eigenvalue weighted by atomic mass is 9.91. The Morgan fingerprint density at radius 2 is 2.00 bits per heavy atom. The molecule has 2 heteroatoms. The second-order valence-electron chi connectivity index (χ2n) is 4.71. The van der Waals surface area contributed by atoms with Crippen LogP contribution in [0.4, 0.5) is 0 Å². The third-order valence-electron chi connectivity index (χ3n) is 3.48. The smallest absolute Gasteiger partial charge is 0.0480 e. The fraction of sp³-hybridized carbons (Fsp3) is 0.467. The van der Waals surface area contributed by atoms with Crippen LogP contribution in [-0.4, -0.2) is 16.3 Å². The normalized spacial score (nSPS) is 13.1. The van der Waals surface area contributed by atoms with E-state index < -0.39 is 0 Å². The fourth-order valence-corrected chi connectivity index (χ4v) is 2.66. The van der Waals surface area contributed by atoms with Crippen LogP contribution in [0.25, 0.3) is 10.9 Å². The first kappa shape index (κ1) is 12.2. The molecule has 92 valence electrons. The highest BCUT2D eigenvalue weighted by atomic mass is 16.3. The van der Waals surface area contributed by atoms with E-state index in [1.165, 1.54) is 16.5 Å². The van der Waals surface area contributed by atoms with Gasteiger partial charge in [-0.1, -0.05) is 31.5 Å². The molecule has 0 radical (unpaired) electrons. The van der Waals surface area contributed by atoms with Gasteiger partial charge in [0.15, 0.2) is 0 Å². The van der Waals surface area contributed by atoms with Crippen molar-refractivity contribution in [2.24, 2.45) is 7.05 Å². The molecule has 1 aromatic heterocycles. The number of fused-ring (bicyclic) bond motifs is 1. The summed E-state index contributed by atoms with van der Waals surface area (Å²) in [6.07, 6.45) is 5.39. The molecular weight excluding hydrogens is 210 g/mol. The molecular formula is C15H21NO. The van der Waals surface area contributed by atoms with E-state index in [1.807, 2.05) is 0 Å². The van der Waals surface area contributed by atoms with Gasteiger partial charge in [-0.3, -0.25) is 0 Å². The van der Waals surface area contributed by atoms with Crippen molar-refractivity contribution in [3.8, 4) is 0 Å². The Labute approximate surface area is 103 Å². The van der Waals surface area contributed by atoms with E-state index in [0.717, 1.165) is 19.3 Å². The van der Waals surface area contributed by atoms with Gasteiger partial charge in [0.25, 0.3) is 0 Å². The standard InChI is InChI=1S/C15H21NO/c1-3-6-12(9-10-17)14-11-16(2)15-8-5-4-7-13(14)15/h4-5,7-8,11-12,17H,3,6,9-10H2,1-2H3/t12-/m1/s1. The Bertz CT molecular complexity index is 481. The predicted octanol–water partition coefficient (Wildman–Crippen LogP) is 3.44. The lowest BCUT2D eigenvalue weighted by Crippen LogP contribution is -2.00. The predicted molar refractivity (Wildman–Crippen MR) is 72.3 cm³/mol. The van der Waals surface area contributed by atoms with Crippen LogP contribution in [0.5, 0.6) is 0 Å². The molecule has 0 fully saturated rings. The van der Waals surface area contributed by atoms with Gasteiger partial charge in [0, 0.05) is 30.8 Å². The molecule has 2 aromatic rings. The molecule has 0 aliphatic rings. The molecule has 2 rings (SSSR count). The van der Waals surface area contributed by atoms with E-state index >= 15 is 0 Å². The summed E-state index contributed by atoms with van der Waals surface area (Å²) in [5.74, 6) is 0.482. The zero-order chi connectivity index (χ0) is 12.3. The minimum Gasteiger partial charge on any atom is -0.396 e. The van der Waals surface area contributed by atoms with Gasteiger partial charge in [0.1, 0.15) is 0 Å². The summed E-state index contributed by atoms with van der Waals surface area (Å²) in [6, 6.07) is 8.51. The molecule has 0 aliphatic carbocycles. The molecule has 0 spiro atoms. The van der Waals surface area contributed by atoms with Crippen LogP contribution in [0.1, 0.15) is 37.7 Å². The summed E-state index contributed by atoms with van der Waals surface area (Å²) in [5, 5.41) is 10.5. The van der Waals surface area contributed by atoms with Crippen molar-refractivity contribution in [3.05, 3.63) is 36.0 Å². The van der Waals surface area contributed by atoms with Gasteiger partial charge in [-0.15, -0.1) is 0 Å². The van der Waals surface area contributed by atoms with Gasteiger partial charge in [-0.2, -0.15) is 0 Å². The molecule has 0 aliphatic heterocycles. The summed E-state index contributed by atoms with van der Waals surface area (Å²) in [7, 11) is 2.09. The Morgan fingerprint density at radius 3 is 2.71 bits per heavy atom. The summed E-state index contributed by atoms with van der Waals surface area (Å²) >= 11 is 0. The van der Waals surface area contributed by atoms with Gasteiger partial charge < -0.3 is 9.67 Å². The average molecular weight is 231 g/mol. The maximum atomic E-state index is 9.20. The molecule has 0 unspecified atom stereocenters. The average Bonchev–Trinajstić information content (AvgIpc) is 2.67. The number of nitrogens with zero attached hydrogens (tertiary/aromatic N) is 1. The Kier molecular flexibility index (Phi) is 3.85. The summed E-state index contributed by atoms with van der Waals surface area (Å²) in [5.41, 5.74) is 2.67. The maximum absolute atomic E-state index is 9.20. The zero-order valence-corrected chi connectivity index (χ0v) is 10.7. The van der Waals surface area contributed by atoms with E-state index in [0.29, 0.717) is 5.92 Å². The van der Waals surface area contributed by atoms with Crippen molar-refractivity contribution in [1.29, 1.82) is 0 Å². The molecule has 0 bridgehead atoms. The third-order valence-corrected chi connectivity index (χ3v) is 3.48. The van der Waals surface area contributed by atoms with Crippen LogP contribution in [-0.2, 0) is 7.05 Å². The van der Waals surface area contributed by atoms with E-state index in [2.05, 4.69) is 49.0 Å². The van der Waals surface area contributed by atoms with Crippen LogP contribution in [0.15, 0.2) is 30.5 Å². The SMILES string of the molecule is CCC[C@H](CCO)c1cn(C)c2ccccc12. The summed E-state index contributed by atoms with van der Waals surface area (Å²) in [6.45, 7) is 2.48. The monoisotopic (exact) mass is 231 g/mol. The highest BCUT2D eigenvalue weighted by molar-refractivity contribution is 5.84. The molecule has 1 N–H and O–H groups in total. The van der Waals surface area contributed by atoms with Crippen LogP contribution in [0.2, 0.25) is 0 Å². The first-order chi connectivity index (χ1) is 8.27. The van der Waals surface area contributed by atoms with Crippen molar-refractivity contribution in [1.82, 2.24) is 4.57 Å². The van der Waals surface area contributed by atoms with Gasteiger partial charge in [-0.25, -0.2) is 0 Å². The highest BCUT2D eigenvalue weighted by Gasteiger charge is 2.15. The number of aliphatic hydroxyl groups is 1. The molecule has 17 heavy (non-hydrogen) atoms. The topological polar surface area (TPSA) is 25.2 Å². The lowest BCUT2D eigenvalue weighted by Gasteiger charge is -2.14. The minimum absolute atomic E-state index is 0.272. The lowest BCUT2D eigenvalue weighted by molar-refractivity contribution is 0.272. The molecule has 2 nitrogen and oxygen atoms in total. The van der Waals surface area contributed by atoms with E-state index in [9.17, 15) is 5.11 Å². The number of para-hydroxylation sites is 1. The van der Waals surface area contributed by atoms with E-state index in [4.69, 9.17) is 0 Å². The van der Waals surface area contributed by atoms with E-state index in [-0.39, 0.29) is 6.61 Å². The van der Waals surface area contributed by atoms with Crippen LogP contribution in [0, 0.1) is 0 Å². The van der Waals surface area contributed by atoms with Gasteiger partial charge in [0.2, 0.25) is 0 Å². The number of aromatic nitrogens is 1. The Hall–Kier alpha value is -1.28. The van der Waals surface area contributed by atoms with Gasteiger partial charge in [0.05, 0.1) is 0 Å². The van der Waals surface area contributed by atoms with Crippen molar-refractivity contribution in [2.45, 2.75) is 32.1 Å². The molecule has 0 saturated carbocycles. The van der Waals surface area contributed by atoms with Gasteiger partial charge >= 0.3 is 0 Å². The number of rotatable bonds is 5. The minimum atomic E-state index is 0.272. The second kappa shape index (κ2) is 5.37. The Balaban J connectivity index is 2.45. The third kappa shape index (κ3) is 2.37. The number of aryl methyl sites for hydroxylation is 1. The largest absolute Gasteiger partial charge is 0.396 e. The molecule has 1 heterocycles. The van der Waals surface area contributed by atoms with E-state index in [1.54, 1.807) is 0 Å². The summed E-state index contributed by atoms with van der Waals surface area (Å²) in [4.78, 5) is 0. The molecule has 0 saturated heterocycles. The van der Waals surface area contributed by atoms with Crippen molar-refractivity contribution in [2.75, 3.05) is 6.61 Å². The van der Waals surface area contributed by atoms with Crippen molar-refractivity contribution >= 4 is 10.9 Å². The Morgan fingerprint density at radius 1 is 1.24 bits per heavy atom. The number of hydrogen-bond donors (Lipinski definition) is 1. The molecule has 1 atom stereocenters. The van der Waals surface area contributed by atoms with Crippen LogP contribution in [0.3, 0.4) is 0 Å². The number of hydrogen-bond acceptors (Lipinski definition) is 1. The number of benzene rings is 1. The fourth-order valence-electron chi connectivity index (χ4n) is 2.66. The first-order valence-corrected chi connectivity index (χ1v) is 6.42. The van der Waals surface area contributed by atoms with Crippen molar-refractivity contribution < 1.29 is 5.11 Å².